The van der Waals surface area contributed by atoms with Crippen LogP contribution in [0.5, 0.6) is 0 Å². The number of hydrogen-bond donors (Lipinski definition) is 1. The molecule has 2 aliphatic rings. The van der Waals surface area contributed by atoms with Crippen LogP contribution in [0.3, 0.4) is 0 Å². The molecule has 8 heteroatoms. The lowest BCUT2D eigenvalue weighted by Crippen LogP contribution is -2.53. The van der Waals surface area contributed by atoms with E-state index in [2.05, 4.69) is 20.0 Å². The molecule has 2 aromatic rings. The fourth-order valence-corrected chi connectivity index (χ4v) is 4.00. The Morgan fingerprint density at radius 3 is 2.60 bits per heavy atom. The van der Waals surface area contributed by atoms with Crippen LogP contribution in [0.2, 0.25) is 0 Å². The molecule has 25 heavy (non-hydrogen) atoms. The van der Waals surface area contributed by atoms with Crippen molar-refractivity contribution in [1.82, 2.24) is 29.4 Å². The van der Waals surface area contributed by atoms with Crippen LogP contribution < -0.4 is 0 Å². The molecule has 4 rings (SSSR count). The summed E-state index contributed by atoms with van der Waals surface area (Å²) in [6.07, 6.45) is 2.80. The second-order valence-corrected chi connectivity index (χ2v) is 7.08. The number of aliphatic hydroxyl groups excluding tert-OH is 1. The van der Waals surface area contributed by atoms with Gasteiger partial charge in [0.1, 0.15) is 0 Å². The number of aryl methyl sites for hydroxylation is 2. The predicted octanol–water partition coefficient (Wildman–Crippen LogP) is 0.412. The fraction of sp³-hybridized carbons (Fsp3) is 0.647. The van der Waals surface area contributed by atoms with Crippen LogP contribution in [0.15, 0.2) is 6.07 Å². The molecule has 1 N–H and O–H groups in total. The van der Waals surface area contributed by atoms with Crippen molar-refractivity contribution in [3.63, 3.8) is 0 Å². The summed E-state index contributed by atoms with van der Waals surface area (Å²) in [5.74, 6) is 0.526. The Bertz CT molecular complexity index is 796. The molecular formula is C17H24N6O2. The molecule has 3 heterocycles. The lowest BCUT2D eigenvalue weighted by Gasteiger charge is -2.38. The molecule has 1 amide bonds. The van der Waals surface area contributed by atoms with E-state index in [1.54, 1.807) is 9.42 Å². The van der Waals surface area contributed by atoms with E-state index in [0.29, 0.717) is 18.9 Å². The molecule has 8 nitrogen and oxygen atoms in total. The van der Waals surface area contributed by atoms with E-state index < -0.39 is 0 Å². The Hall–Kier alpha value is -2.06. The zero-order chi connectivity index (χ0) is 17.6. The first-order valence-electron chi connectivity index (χ1n) is 8.95. The maximum absolute atomic E-state index is 12.7. The Morgan fingerprint density at radius 2 is 1.92 bits per heavy atom. The van der Waals surface area contributed by atoms with Gasteiger partial charge < -0.3 is 10.0 Å². The van der Waals surface area contributed by atoms with Gasteiger partial charge in [-0.05, 0) is 39.2 Å². The highest BCUT2D eigenvalue weighted by Crippen LogP contribution is 2.25. The monoisotopic (exact) mass is 344 g/mol. The number of fused-ring (bicyclic) bond motifs is 1. The highest BCUT2D eigenvalue weighted by Gasteiger charge is 2.34. The maximum atomic E-state index is 12.7. The zero-order valence-electron chi connectivity index (χ0n) is 14.7. The second kappa shape index (κ2) is 6.34. The zero-order valence-corrected chi connectivity index (χ0v) is 14.7. The number of rotatable bonds is 2. The Morgan fingerprint density at radius 1 is 1.16 bits per heavy atom. The normalized spacial score (nSPS) is 25.0. The first kappa shape index (κ1) is 16.4. The third kappa shape index (κ3) is 3.00. The summed E-state index contributed by atoms with van der Waals surface area (Å²) in [7, 11) is 0. The summed E-state index contributed by atoms with van der Waals surface area (Å²) in [4.78, 5) is 25.5. The predicted molar refractivity (Wildman–Crippen MR) is 91.4 cm³/mol. The van der Waals surface area contributed by atoms with E-state index in [9.17, 15) is 9.90 Å². The molecule has 0 aromatic carbocycles. The van der Waals surface area contributed by atoms with Crippen LogP contribution in [0.25, 0.3) is 5.78 Å². The van der Waals surface area contributed by atoms with Gasteiger partial charge in [0, 0.05) is 43.6 Å². The van der Waals surface area contributed by atoms with Crippen LogP contribution in [-0.4, -0.2) is 78.7 Å². The summed E-state index contributed by atoms with van der Waals surface area (Å²) >= 11 is 0. The van der Waals surface area contributed by atoms with Gasteiger partial charge >= 0.3 is 0 Å². The Balaban J connectivity index is 1.46. The Kier molecular flexibility index (Phi) is 4.16. The molecule has 0 unspecified atom stereocenters. The summed E-state index contributed by atoms with van der Waals surface area (Å²) < 4.78 is 1.62. The van der Waals surface area contributed by atoms with Crippen LogP contribution >= 0.6 is 0 Å². The number of aromatic nitrogens is 4. The minimum atomic E-state index is -0.223. The maximum Gasteiger partial charge on any atom is 0.293 e. The molecule has 0 spiro atoms. The van der Waals surface area contributed by atoms with Gasteiger partial charge in [-0.25, -0.2) is 9.50 Å². The van der Waals surface area contributed by atoms with Gasteiger partial charge in [-0.2, -0.15) is 4.98 Å². The summed E-state index contributed by atoms with van der Waals surface area (Å²) in [6, 6.07) is 2.17. The van der Waals surface area contributed by atoms with Gasteiger partial charge in [0.2, 0.25) is 5.82 Å². The molecule has 2 fully saturated rings. The van der Waals surface area contributed by atoms with E-state index in [0.717, 1.165) is 43.7 Å². The van der Waals surface area contributed by atoms with Gasteiger partial charge in [-0.15, -0.1) is 5.10 Å². The molecule has 1 aliphatic heterocycles. The topological polar surface area (TPSA) is 86.9 Å². The average molecular weight is 344 g/mol. The number of hydrogen-bond acceptors (Lipinski definition) is 6. The van der Waals surface area contributed by atoms with Crippen molar-refractivity contribution in [3.8, 4) is 0 Å². The highest BCUT2D eigenvalue weighted by atomic mass is 16.3. The Labute approximate surface area is 146 Å². The summed E-state index contributed by atoms with van der Waals surface area (Å²) in [5.41, 5.74) is 1.77. The number of nitrogens with zero attached hydrogens (tertiary/aromatic N) is 6. The molecule has 2 atom stereocenters. The van der Waals surface area contributed by atoms with Gasteiger partial charge in [0.25, 0.3) is 11.7 Å². The third-order valence-corrected chi connectivity index (χ3v) is 5.32. The van der Waals surface area contributed by atoms with Gasteiger partial charge in [0.05, 0.1) is 6.10 Å². The number of aliphatic hydroxyl groups is 1. The van der Waals surface area contributed by atoms with E-state index in [1.165, 1.54) is 0 Å². The highest BCUT2D eigenvalue weighted by molar-refractivity contribution is 5.91. The number of carbonyl (C=O) groups excluding carboxylic acids is 1. The van der Waals surface area contributed by atoms with Crippen molar-refractivity contribution in [2.75, 3.05) is 26.2 Å². The van der Waals surface area contributed by atoms with E-state index >= 15 is 0 Å². The molecule has 1 aliphatic carbocycles. The third-order valence-electron chi connectivity index (χ3n) is 5.32. The molecule has 0 bridgehead atoms. The molecule has 134 valence electrons. The van der Waals surface area contributed by atoms with E-state index in [-0.39, 0.29) is 23.9 Å². The van der Waals surface area contributed by atoms with Crippen LogP contribution in [0.1, 0.15) is 41.3 Å². The fourth-order valence-electron chi connectivity index (χ4n) is 4.00. The minimum Gasteiger partial charge on any atom is -0.391 e. The van der Waals surface area contributed by atoms with Crippen molar-refractivity contribution < 1.29 is 9.90 Å². The lowest BCUT2D eigenvalue weighted by molar-refractivity contribution is 0.0310. The number of amides is 1. The molecule has 1 saturated heterocycles. The smallest absolute Gasteiger partial charge is 0.293 e. The molecule has 1 saturated carbocycles. The quantitative estimate of drug-likeness (QED) is 0.849. The van der Waals surface area contributed by atoms with Crippen molar-refractivity contribution in [3.05, 3.63) is 23.3 Å². The van der Waals surface area contributed by atoms with Gasteiger partial charge in [0.15, 0.2) is 0 Å². The standard InChI is InChI=1S/C17H24N6O2/c1-11-10-12(2)23-17(18-11)19-15(20-23)16(25)22-8-6-21(7-9-22)13-4-3-5-14(13)24/h10,13-14,24H,3-9H2,1-2H3/t13-,14-/m0/s1. The van der Waals surface area contributed by atoms with Crippen LogP contribution in [0, 0.1) is 13.8 Å². The summed E-state index contributed by atoms with van der Waals surface area (Å²) in [6.45, 7) is 6.69. The van der Waals surface area contributed by atoms with Crippen molar-refractivity contribution in [1.29, 1.82) is 0 Å². The van der Waals surface area contributed by atoms with Crippen molar-refractivity contribution >= 4 is 11.7 Å². The lowest BCUT2D eigenvalue weighted by atomic mass is 10.1. The SMILES string of the molecule is Cc1cc(C)n2nc(C(=O)N3CCN([C@H]4CCC[C@@H]4O)CC3)nc2n1. The van der Waals surface area contributed by atoms with Gasteiger partial charge in [-0.1, -0.05) is 0 Å². The van der Waals surface area contributed by atoms with E-state index in [4.69, 9.17) is 0 Å². The largest absolute Gasteiger partial charge is 0.391 e. The molecular weight excluding hydrogens is 320 g/mol. The molecule has 2 aromatic heterocycles. The van der Waals surface area contributed by atoms with E-state index in [1.807, 2.05) is 19.9 Å². The van der Waals surface area contributed by atoms with Crippen molar-refractivity contribution in [2.24, 2.45) is 0 Å². The van der Waals surface area contributed by atoms with Crippen molar-refractivity contribution in [2.45, 2.75) is 45.3 Å². The number of piperazine rings is 1. The number of carbonyl (C=O) groups is 1. The minimum absolute atomic E-state index is 0.144. The second-order valence-electron chi connectivity index (χ2n) is 7.08. The molecule has 0 radical (unpaired) electrons. The summed E-state index contributed by atoms with van der Waals surface area (Å²) in [5, 5.41) is 14.4. The average Bonchev–Trinajstić information content (AvgIpc) is 3.20. The van der Waals surface area contributed by atoms with Gasteiger partial charge in [-0.3, -0.25) is 9.69 Å². The first-order valence-corrected chi connectivity index (χ1v) is 8.95. The van der Waals surface area contributed by atoms with Crippen LogP contribution in [0.4, 0.5) is 0 Å². The van der Waals surface area contributed by atoms with Crippen LogP contribution in [-0.2, 0) is 0 Å². The first-order chi connectivity index (χ1) is 12.0.